The smallest absolute Gasteiger partial charge is 0.00700 e. The van der Waals surface area contributed by atoms with Crippen molar-refractivity contribution in [1.82, 2.24) is 5.32 Å². The van der Waals surface area contributed by atoms with Gasteiger partial charge in [-0.1, -0.05) is 20.3 Å². The molecule has 0 bridgehead atoms. The summed E-state index contributed by atoms with van der Waals surface area (Å²) in [6, 6.07) is 2.98. The Morgan fingerprint density at radius 2 is 2.13 bits per heavy atom. The first-order valence-corrected chi connectivity index (χ1v) is 6.92. The van der Waals surface area contributed by atoms with Crippen LogP contribution in [0.5, 0.6) is 0 Å². The second-order valence-corrected chi connectivity index (χ2v) is 5.20. The predicted molar refractivity (Wildman–Crippen MR) is 69.7 cm³/mol. The number of thiophene rings is 1. The van der Waals surface area contributed by atoms with Gasteiger partial charge in [0.05, 0.1) is 0 Å². The lowest BCUT2D eigenvalue weighted by Gasteiger charge is -2.16. The van der Waals surface area contributed by atoms with Crippen LogP contribution in [0.25, 0.3) is 0 Å². The topological polar surface area (TPSA) is 12.0 Å². The molecule has 1 aromatic rings. The zero-order chi connectivity index (χ0) is 11.1. The minimum atomic E-state index is 0.708. The van der Waals surface area contributed by atoms with Gasteiger partial charge in [0.15, 0.2) is 0 Å². The largest absolute Gasteiger partial charge is 0.314 e. The summed E-state index contributed by atoms with van der Waals surface area (Å²) in [7, 11) is 0. The lowest BCUT2D eigenvalue weighted by molar-refractivity contribution is 0.459. The third-order valence-electron chi connectivity index (χ3n) is 2.86. The maximum Gasteiger partial charge on any atom is 0.00700 e. The van der Waals surface area contributed by atoms with Crippen LogP contribution in [0.1, 0.15) is 43.6 Å². The van der Waals surface area contributed by atoms with Crippen LogP contribution < -0.4 is 5.32 Å². The summed E-state index contributed by atoms with van der Waals surface area (Å²) in [5, 5.41) is 5.77. The summed E-state index contributed by atoms with van der Waals surface area (Å²) in [6.45, 7) is 7.77. The van der Waals surface area contributed by atoms with Gasteiger partial charge in [0.25, 0.3) is 0 Å². The van der Waals surface area contributed by atoms with Crippen LogP contribution in [0.3, 0.4) is 0 Å². The van der Waals surface area contributed by atoms with Crippen LogP contribution >= 0.6 is 11.3 Å². The number of hydrogen-bond donors (Lipinski definition) is 1. The van der Waals surface area contributed by atoms with Crippen molar-refractivity contribution in [3.05, 3.63) is 21.9 Å². The van der Waals surface area contributed by atoms with Crippen molar-refractivity contribution in [1.29, 1.82) is 0 Å². The SMILES string of the molecule is CCCC(CCc1ccsc1C)NCC. The quantitative estimate of drug-likeness (QED) is 0.745. The van der Waals surface area contributed by atoms with Crippen LogP contribution in [0.15, 0.2) is 11.4 Å². The van der Waals surface area contributed by atoms with E-state index in [1.807, 2.05) is 11.3 Å². The molecule has 1 rings (SSSR count). The van der Waals surface area contributed by atoms with E-state index in [-0.39, 0.29) is 0 Å². The van der Waals surface area contributed by atoms with Crippen molar-refractivity contribution in [3.8, 4) is 0 Å². The Hall–Kier alpha value is -0.340. The van der Waals surface area contributed by atoms with E-state index in [1.54, 1.807) is 5.56 Å². The number of hydrogen-bond acceptors (Lipinski definition) is 2. The first kappa shape index (κ1) is 12.7. The van der Waals surface area contributed by atoms with Crippen molar-refractivity contribution in [2.24, 2.45) is 0 Å². The molecule has 15 heavy (non-hydrogen) atoms. The number of aryl methyl sites for hydroxylation is 2. The van der Waals surface area contributed by atoms with Gasteiger partial charge in [0, 0.05) is 10.9 Å². The fourth-order valence-corrected chi connectivity index (χ4v) is 2.74. The maximum absolute atomic E-state index is 3.57. The molecule has 0 saturated carbocycles. The minimum absolute atomic E-state index is 0.708. The average molecular weight is 225 g/mol. The summed E-state index contributed by atoms with van der Waals surface area (Å²) in [5.74, 6) is 0. The van der Waals surface area contributed by atoms with Gasteiger partial charge in [-0.05, 0) is 49.7 Å². The molecule has 0 radical (unpaired) electrons. The summed E-state index contributed by atoms with van der Waals surface area (Å²) in [6.07, 6.45) is 5.09. The standard InChI is InChI=1S/C13H23NS/c1-4-6-13(14-5-2)8-7-12-9-10-15-11(12)3/h9-10,13-14H,4-8H2,1-3H3. The molecule has 1 N–H and O–H groups in total. The van der Waals surface area contributed by atoms with E-state index in [1.165, 1.54) is 30.6 Å². The fraction of sp³-hybridized carbons (Fsp3) is 0.692. The van der Waals surface area contributed by atoms with Gasteiger partial charge in [-0.25, -0.2) is 0 Å². The third-order valence-corrected chi connectivity index (χ3v) is 3.75. The Morgan fingerprint density at radius 1 is 1.33 bits per heavy atom. The zero-order valence-corrected chi connectivity index (χ0v) is 11.0. The maximum atomic E-state index is 3.57. The summed E-state index contributed by atoms with van der Waals surface area (Å²) in [5.41, 5.74) is 1.54. The molecule has 0 aliphatic rings. The Morgan fingerprint density at radius 3 is 2.67 bits per heavy atom. The summed E-state index contributed by atoms with van der Waals surface area (Å²) < 4.78 is 0. The van der Waals surface area contributed by atoms with Gasteiger partial charge >= 0.3 is 0 Å². The Labute approximate surface area is 97.9 Å². The highest BCUT2D eigenvalue weighted by molar-refractivity contribution is 7.10. The second kappa shape index (κ2) is 7.02. The predicted octanol–water partition coefficient (Wildman–Crippen LogP) is 3.77. The second-order valence-electron chi connectivity index (χ2n) is 4.08. The van der Waals surface area contributed by atoms with Gasteiger partial charge in [-0.15, -0.1) is 11.3 Å². The first-order chi connectivity index (χ1) is 7.27. The van der Waals surface area contributed by atoms with E-state index in [9.17, 15) is 0 Å². The van der Waals surface area contributed by atoms with Crippen molar-refractivity contribution >= 4 is 11.3 Å². The van der Waals surface area contributed by atoms with E-state index >= 15 is 0 Å². The van der Waals surface area contributed by atoms with Crippen molar-refractivity contribution < 1.29 is 0 Å². The van der Waals surface area contributed by atoms with E-state index in [4.69, 9.17) is 0 Å². The molecule has 1 heterocycles. The van der Waals surface area contributed by atoms with Crippen LogP contribution in [0.2, 0.25) is 0 Å². The van der Waals surface area contributed by atoms with Crippen LogP contribution in [0.4, 0.5) is 0 Å². The molecule has 0 aromatic carbocycles. The minimum Gasteiger partial charge on any atom is -0.314 e. The first-order valence-electron chi connectivity index (χ1n) is 6.04. The van der Waals surface area contributed by atoms with Gasteiger partial charge in [-0.2, -0.15) is 0 Å². The molecule has 1 unspecified atom stereocenters. The van der Waals surface area contributed by atoms with Crippen LogP contribution in [-0.2, 0) is 6.42 Å². The van der Waals surface area contributed by atoms with Gasteiger partial charge in [-0.3, -0.25) is 0 Å². The van der Waals surface area contributed by atoms with Gasteiger partial charge in [0.2, 0.25) is 0 Å². The van der Waals surface area contributed by atoms with Gasteiger partial charge < -0.3 is 5.32 Å². The molecule has 2 heteroatoms. The molecule has 0 saturated heterocycles. The molecule has 1 nitrogen and oxygen atoms in total. The fourth-order valence-electron chi connectivity index (χ4n) is 1.99. The highest BCUT2D eigenvalue weighted by Crippen LogP contribution is 2.18. The monoisotopic (exact) mass is 225 g/mol. The zero-order valence-electron chi connectivity index (χ0n) is 10.2. The van der Waals surface area contributed by atoms with Gasteiger partial charge in [0.1, 0.15) is 0 Å². The lowest BCUT2D eigenvalue weighted by Crippen LogP contribution is -2.29. The van der Waals surface area contributed by atoms with E-state index < -0.39 is 0 Å². The summed E-state index contributed by atoms with van der Waals surface area (Å²) in [4.78, 5) is 1.49. The molecular formula is C13H23NS. The molecule has 0 spiro atoms. The Kier molecular flexibility index (Phi) is 5.96. The molecule has 86 valence electrons. The molecule has 1 atom stereocenters. The van der Waals surface area contributed by atoms with Crippen LogP contribution in [0, 0.1) is 6.92 Å². The Bertz CT molecular complexity index is 261. The van der Waals surface area contributed by atoms with E-state index in [2.05, 4.69) is 37.5 Å². The molecule has 1 aromatic heterocycles. The molecule has 0 aliphatic carbocycles. The molecular weight excluding hydrogens is 202 g/mol. The third kappa shape index (κ3) is 4.35. The summed E-state index contributed by atoms with van der Waals surface area (Å²) >= 11 is 1.86. The van der Waals surface area contributed by atoms with Crippen LogP contribution in [-0.4, -0.2) is 12.6 Å². The van der Waals surface area contributed by atoms with Crippen molar-refractivity contribution in [3.63, 3.8) is 0 Å². The lowest BCUT2D eigenvalue weighted by atomic mass is 10.0. The normalized spacial score (nSPS) is 13.0. The number of nitrogens with one attached hydrogen (secondary N) is 1. The highest BCUT2D eigenvalue weighted by atomic mass is 32.1. The highest BCUT2D eigenvalue weighted by Gasteiger charge is 2.07. The Balaban J connectivity index is 2.36. The van der Waals surface area contributed by atoms with E-state index in [0.717, 1.165) is 6.54 Å². The number of rotatable bonds is 7. The van der Waals surface area contributed by atoms with Crippen molar-refractivity contribution in [2.75, 3.05) is 6.54 Å². The average Bonchev–Trinajstić information content (AvgIpc) is 2.61. The molecule has 0 aliphatic heterocycles. The van der Waals surface area contributed by atoms with E-state index in [0.29, 0.717) is 6.04 Å². The van der Waals surface area contributed by atoms with Crippen molar-refractivity contribution in [2.45, 2.75) is 52.5 Å². The molecule has 0 amide bonds. The molecule has 0 fully saturated rings.